The molecule has 1 N–H and O–H groups in total. The van der Waals surface area contributed by atoms with Crippen LogP contribution in [0.3, 0.4) is 0 Å². The van der Waals surface area contributed by atoms with Crippen LogP contribution in [-0.2, 0) is 6.54 Å². The maximum absolute atomic E-state index is 12.4. The summed E-state index contributed by atoms with van der Waals surface area (Å²) in [6.45, 7) is 0.511. The van der Waals surface area contributed by atoms with Crippen molar-refractivity contribution >= 4 is 5.69 Å². The third kappa shape index (κ3) is 3.49. The summed E-state index contributed by atoms with van der Waals surface area (Å²) >= 11 is 0. The molecular weight excluding hydrogens is 248 g/mol. The Morgan fingerprint density at radius 1 is 1.16 bits per heavy atom. The van der Waals surface area contributed by atoms with E-state index in [-0.39, 0.29) is 5.56 Å². The average molecular weight is 259 g/mol. The predicted octanol–water partition coefficient (Wildman–Crippen LogP) is 3.50. The zero-order valence-corrected chi connectivity index (χ0v) is 9.98. The van der Waals surface area contributed by atoms with Crippen molar-refractivity contribution < 1.29 is 8.78 Å². The second-order valence-corrected chi connectivity index (χ2v) is 3.94. The van der Waals surface area contributed by atoms with E-state index in [0.717, 1.165) is 11.3 Å². The molecule has 0 spiro atoms. The van der Waals surface area contributed by atoms with Gasteiger partial charge in [0.05, 0.1) is 11.9 Å². The third-order valence-corrected chi connectivity index (χ3v) is 2.61. The molecule has 0 aliphatic rings. The number of halogens is 2. The Hall–Kier alpha value is -2.48. The lowest BCUT2D eigenvalue weighted by molar-refractivity contribution is 0.151. The number of alkyl halides is 2. The van der Waals surface area contributed by atoms with E-state index in [9.17, 15) is 8.78 Å². The minimum atomic E-state index is -2.44. The fourth-order valence-electron chi connectivity index (χ4n) is 1.55. The van der Waals surface area contributed by atoms with E-state index in [1.165, 1.54) is 12.1 Å². The molecule has 1 aromatic heterocycles. The van der Waals surface area contributed by atoms with Gasteiger partial charge in [0.1, 0.15) is 11.8 Å². The number of hydrogen-bond donors (Lipinski definition) is 1. The molecule has 0 radical (unpaired) electrons. The Morgan fingerprint density at radius 2 is 1.89 bits per heavy atom. The molecular formula is C14H11F2N3. The summed E-state index contributed by atoms with van der Waals surface area (Å²) in [4.78, 5) is 3.92. The predicted molar refractivity (Wildman–Crippen MR) is 67.7 cm³/mol. The topological polar surface area (TPSA) is 48.7 Å². The second-order valence-electron chi connectivity index (χ2n) is 3.94. The van der Waals surface area contributed by atoms with Crippen molar-refractivity contribution in [3.05, 3.63) is 59.4 Å². The maximum Gasteiger partial charge on any atom is 0.263 e. The van der Waals surface area contributed by atoms with Gasteiger partial charge in [-0.05, 0) is 17.7 Å². The highest BCUT2D eigenvalue weighted by Crippen LogP contribution is 2.19. The molecule has 0 aliphatic carbocycles. The van der Waals surface area contributed by atoms with Gasteiger partial charge in [-0.25, -0.2) is 13.8 Å². The van der Waals surface area contributed by atoms with E-state index in [1.807, 2.05) is 6.07 Å². The Balaban J connectivity index is 1.96. The molecule has 2 rings (SSSR count). The molecule has 0 saturated carbocycles. The highest BCUT2D eigenvalue weighted by atomic mass is 19.3. The number of rotatable bonds is 4. The van der Waals surface area contributed by atoms with Crippen LogP contribution in [-0.4, -0.2) is 4.98 Å². The van der Waals surface area contributed by atoms with Crippen molar-refractivity contribution in [3.8, 4) is 6.07 Å². The molecule has 1 aromatic carbocycles. The van der Waals surface area contributed by atoms with E-state index in [2.05, 4.69) is 10.3 Å². The van der Waals surface area contributed by atoms with Gasteiger partial charge in [-0.15, -0.1) is 0 Å². The first kappa shape index (κ1) is 13.0. The van der Waals surface area contributed by atoms with E-state index in [4.69, 9.17) is 5.26 Å². The van der Waals surface area contributed by atoms with Crippen LogP contribution in [0.5, 0.6) is 0 Å². The molecule has 3 nitrogen and oxygen atoms in total. The fraction of sp³-hybridized carbons (Fsp3) is 0.143. The molecule has 0 fully saturated rings. The van der Waals surface area contributed by atoms with Crippen LogP contribution >= 0.6 is 0 Å². The van der Waals surface area contributed by atoms with E-state index in [1.54, 1.807) is 30.5 Å². The highest BCUT2D eigenvalue weighted by Gasteiger charge is 2.05. The van der Waals surface area contributed by atoms with Crippen LogP contribution in [0.15, 0.2) is 42.6 Å². The van der Waals surface area contributed by atoms with Crippen LogP contribution in [0.2, 0.25) is 0 Å². The summed E-state index contributed by atoms with van der Waals surface area (Å²) in [5, 5.41) is 11.7. The number of aromatic nitrogens is 1. The van der Waals surface area contributed by atoms with Gasteiger partial charge in [-0.3, -0.25) is 0 Å². The molecule has 1 heterocycles. The van der Waals surface area contributed by atoms with Crippen LogP contribution in [0.1, 0.15) is 23.2 Å². The van der Waals surface area contributed by atoms with Crippen LogP contribution in [0.25, 0.3) is 0 Å². The Kier molecular flexibility index (Phi) is 4.04. The molecule has 0 atom stereocenters. The molecule has 19 heavy (non-hydrogen) atoms. The minimum absolute atomic E-state index is 0.0174. The average Bonchev–Trinajstić information content (AvgIpc) is 2.46. The van der Waals surface area contributed by atoms with Gasteiger partial charge < -0.3 is 5.32 Å². The highest BCUT2D eigenvalue weighted by molar-refractivity contribution is 5.43. The lowest BCUT2D eigenvalue weighted by Crippen LogP contribution is -2.00. The normalized spacial score (nSPS) is 10.2. The van der Waals surface area contributed by atoms with Crippen molar-refractivity contribution in [2.24, 2.45) is 0 Å². The smallest absolute Gasteiger partial charge is 0.263 e. The van der Waals surface area contributed by atoms with E-state index >= 15 is 0 Å². The van der Waals surface area contributed by atoms with Crippen LogP contribution in [0, 0.1) is 11.3 Å². The largest absolute Gasteiger partial charge is 0.380 e. The molecule has 0 saturated heterocycles. The zero-order chi connectivity index (χ0) is 13.7. The Labute approximate surface area is 109 Å². The van der Waals surface area contributed by atoms with E-state index < -0.39 is 6.43 Å². The van der Waals surface area contributed by atoms with Crippen molar-refractivity contribution in [2.45, 2.75) is 13.0 Å². The summed E-state index contributed by atoms with van der Waals surface area (Å²) in [6, 6.07) is 11.4. The van der Waals surface area contributed by atoms with Gasteiger partial charge in [0.25, 0.3) is 6.43 Å². The van der Waals surface area contributed by atoms with Crippen molar-refractivity contribution in [3.63, 3.8) is 0 Å². The number of nitrogens with one attached hydrogen (secondary N) is 1. The number of benzene rings is 1. The lowest BCUT2D eigenvalue weighted by Gasteiger charge is -2.07. The van der Waals surface area contributed by atoms with Gasteiger partial charge in [-0.2, -0.15) is 5.26 Å². The summed E-state index contributed by atoms with van der Waals surface area (Å²) in [6.07, 6.45) is -0.878. The van der Waals surface area contributed by atoms with Crippen molar-refractivity contribution in [1.29, 1.82) is 5.26 Å². The van der Waals surface area contributed by atoms with Gasteiger partial charge >= 0.3 is 0 Å². The number of anilines is 1. The first-order valence-electron chi connectivity index (χ1n) is 5.66. The first-order valence-corrected chi connectivity index (χ1v) is 5.66. The Bertz CT molecular complexity index is 571. The molecule has 2 aromatic rings. The van der Waals surface area contributed by atoms with Crippen molar-refractivity contribution in [2.75, 3.05) is 5.32 Å². The molecule has 96 valence electrons. The SMILES string of the molecule is N#Cc1ccc(NCc2ccc(C(F)F)cc2)cn1. The second kappa shape index (κ2) is 5.91. The Morgan fingerprint density at radius 3 is 2.42 bits per heavy atom. The van der Waals surface area contributed by atoms with Gasteiger partial charge in [0.15, 0.2) is 0 Å². The minimum Gasteiger partial charge on any atom is -0.380 e. The summed E-state index contributed by atoms with van der Waals surface area (Å²) in [7, 11) is 0. The number of pyridine rings is 1. The number of nitrogens with zero attached hydrogens (tertiary/aromatic N) is 2. The summed E-state index contributed by atoms with van der Waals surface area (Å²) < 4.78 is 24.7. The standard InChI is InChI=1S/C14H11F2N3/c15-14(16)11-3-1-10(2-4-11)8-18-13-6-5-12(7-17)19-9-13/h1-6,9,14,18H,8H2. The van der Waals surface area contributed by atoms with Gasteiger partial charge in [-0.1, -0.05) is 24.3 Å². The van der Waals surface area contributed by atoms with E-state index in [0.29, 0.717) is 12.2 Å². The maximum atomic E-state index is 12.4. The molecule has 5 heteroatoms. The number of hydrogen-bond acceptors (Lipinski definition) is 3. The lowest BCUT2D eigenvalue weighted by atomic mass is 10.1. The first-order chi connectivity index (χ1) is 9.19. The third-order valence-electron chi connectivity index (χ3n) is 2.61. The fourth-order valence-corrected chi connectivity index (χ4v) is 1.55. The summed E-state index contributed by atoms with van der Waals surface area (Å²) in [5.74, 6) is 0. The molecule has 0 amide bonds. The van der Waals surface area contributed by atoms with Crippen molar-refractivity contribution in [1.82, 2.24) is 4.98 Å². The molecule has 0 aliphatic heterocycles. The van der Waals surface area contributed by atoms with Crippen LogP contribution < -0.4 is 5.32 Å². The van der Waals surface area contributed by atoms with Gasteiger partial charge in [0, 0.05) is 12.1 Å². The molecule has 0 unspecified atom stereocenters. The number of nitriles is 1. The monoisotopic (exact) mass is 259 g/mol. The summed E-state index contributed by atoms with van der Waals surface area (Å²) in [5.41, 5.74) is 2.04. The molecule has 0 bridgehead atoms. The zero-order valence-electron chi connectivity index (χ0n) is 9.98. The quantitative estimate of drug-likeness (QED) is 0.914. The van der Waals surface area contributed by atoms with Crippen LogP contribution in [0.4, 0.5) is 14.5 Å². The van der Waals surface area contributed by atoms with Gasteiger partial charge in [0.2, 0.25) is 0 Å².